The van der Waals surface area contributed by atoms with E-state index >= 15 is 0 Å². The molecule has 0 atom stereocenters. The normalized spacial score (nSPS) is 11.5. The second-order valence-electron chi connectivity index (χ2n) is 6.74. The zero-order chi connectivity index (χ0) is 22.6. The van der Waals surface area contributed by atoms with E-state index in [9.17, 15) is 27.6 Å². The van der Waals surface area contributed by atoms with Gasteiger partial charge in [-0.2, -0.15) is 13.2 Å². The molecule has 0 radical (unpaired) electrons. The fourth-order valence-electron chi connectivity index (χ4n) is 3.17. The lowest BCUT2D eigenvalue weighted by atomic mass is 10.1. The minimum Gasteiger partial charge on any atom is -0.408 e. The van der Waals surface area contributed by atoms with E-state index < -0.39 is 35.9 Å². The molecule has 0 saturated carbocycles. The Bertz CT molecular complexity index is 1150. The van der Waals surface area contributed by atoms with Crippen molar-refractivity contribution >= 4 is 28.6 Å². The topological polar surface area (TPSA) is 84.5 Å². The fraction of sp³-hybridized carbons (Fsp3) is 0.286. The molecule has 0 saturated heterocycles. The molecule has 31 heavy (non-hydrogen) atoms. The molecule has 0 bridgehead atoms. The van der Waals surface area contributed by atoms with Crippen LogP contribution in [0.5, 0.6) is 0 Å². The number of nitrogens with one attached hydrogen (secondary N) is 1. The number of fused-ring (bicyclic) bond motifs is 1. The molecule has 3 aromatic rings. The van der Waals surface area contributed by atoms with Crippen LogP contribution in [0, 0.1) is 0 Å². The van der Waals surface area contributed by atoms with Crippen LogP contribution in [0.25, 0.3) is 11.1 Å². The number of oxazole rings is 1. The molecular weight excluding hydrogens is 415 g/mol. The summed E-state index contributed by atoms with van der Waals surface area (Å²) >= 11 is 0. The molecule has 0 aliphatic heterocycles. The van der Waals surface area contributed by atoms with Crippen LogP contribution in [0.4, 0.5) is 18.9 Å². The van der Waals surface area contributed by atoms with Gasteiger partial charge in [-0.3, -0.25) is 14.2 Å². The van der Waals surface area contributed by atoms with Crippen molar-refractivity contribution in [1.29, 1.82) is 0 Å². The summed E-state index contributed by atoms with van der Waals surface area (Å²) < 4.78 is 45.7. The van der Waals surface area contributed by atoms with E-state index in [-0.39, 0.29) is 25.2 Å². The van der Waals surface area contributed by atoms with E-state index in [1.807, 2.05) is 0 Å². The third-order valence-electron chi connectivity index (χ3n) is 4.70. The van der Waals surface area contributed by atoms with Gasteiger partial charge in [0.25, 0.3) is 0 Å². The number of nitrogens with zero attached hydrogens (tertiary/aromatic N) is 2. The number of rotatable bonds is 7. The molecule has 0 spiro atoms. The molecule has 2 aromatic carbocycles. The molecule has 0 fully saturated rings. The molecule has 3 rings (SSSR count). The van der Waals surface area contributed by atoms with Crippen LogP contribution in [-0.4, -0.2) is 34.4 Å². The number of halogens is 3. The lowest BCUT2D eigenvalue weighted by Gasteiger charge is -2.21. The number of benzene rings is 2. The Morgan fingerprint density at radius 1 is 1.10 bits per heavy atom. The number of amides is 2. The highest BCUT2D eigenvalue weighted by Gasteiger charge is 2.33. The number of carbonyl (C=O) groups is 2. The van der Waals surface area contributed by atoms with Gasteiger partial charge in [-0.15, -0.1) is 0 Å². The highest BCUT2D eigenvalue weighted by molar-refractivity contribution is 5.95. The van der Waals surface area contributed by atoms with Gasteiger partial charge >= 0.3 is 11.9 Å². The van der Waals surface area contributed by atoms with E-state index in [1.54, 1.807) is 31.2 Å². The van der Waals surface area contributed by atoms with Gasteiger partial charge < -0.3 is 14.6 Å². The van der Waals surface area contributed by atoms with Crippen molar-refractivity contribution < 1.29 is 27.2 Å². The van der Waals surface area contributed by atoms with Crippen molar-refractivity contribution in [2.75, 3.05) is 18.4 Å². The first-order valence-corrected chi connectivity index (χ1v) is 9.53. The molecule has 0 unspecified atom stereocenters. The number of para-hydroxylation sites is 3. The van der Waals surface area contributed by atoms with Crippen molar-refractivity contribution in [1.82, 2.24) is 9.47 Å². The molecule has 1 N–H and O–H groups in total. The molecule has 0 aliphatic carbocycles. The zero-order valence-electron chi connectivity index (χ0n) is 16.6. The molecule has 164 valence electrons. The molecule has 0 aliphatic rings. The summed E-state index contributed by atoms with van der Waals surface area (Å²) in [4.78, 5) is 38.0. The van der Waals surface area contributed by atoms with Crippen LogP contribution in [0.3, 0.4) is 0 Å². The summed E-state index contributed by atoms with van der Waals surface area (Å²) in [5, 5.41) is 2.22. The van der Waals surface area contributed by atoms with Gasteiger partial charge in [0.05, 0.1) is 23.3 Å². The van der Waals surface area contributed by atoms with Gasteiger partial charge in [0.1, 0.15) is 0 Å². The zero-order valence-corrected chi connectivity index (χ0v) is 16.6. The molecule has 1 aromatic heterocycles. The summed E-state index contributed by atoms with van der Waals surface area (Å²) in [7, 11) is 0. The quantitative estimate of drug-likeness (QED) is 0.616. The Hall–Kier alpha value is -3.56. The van der Waals surface area contributed by atoms with Crippen LogP contribution in [0.1, 0.15) is 18.9 Å². The predicted octanol–water partition coefficient (Wildman–Crippen LogP) is 3.49. The maximum Gasteiger partial charge on any atom is 0.419 e. The van der Waals surface area contributed by atoms with Crippen LogP contribution in [0.15, 0.2) is 57.7 Å². The Labute approximate surface area is 175 Å². The van der Waals surface area contributed by atoms with Crippen LogP contribution in [-0.2, 0) is 22.3 Å². The summed E-state index contributed by atoms with van der Waals surface area (Å²) in [5.74, 6) is -1.77. The molecule has 2 amide bonds. The standard InChI is InChI=1S/C21H20F3N3O4/c1-2-26(13-18(28)25-15-8-4-3-7-14(15)21(22,23)24)19(29)11-12-27-16-9-5-6-10-17(16)31-20(27)30/h3-10H,2,11-13H2,1H3,(H,25,28). The van der Waals surface area contributed by atoms with E-state index in [0.29, 0.717) is 11.1 Å². The molecule has 1 heterocycles. The van der Waals surface area contributed by atoms with Gasteiger partial charge in [-0.1, -0.05) is 24.3 Å². The Morgan fingerprint density at radius 3 is 2.48 bits per heavy atom. The highest BCUT2D eigenvalue weighted by atomic mass is 19.4. The van der Waals surface area contributed by atoms with E-state index in [2.05, 4.69) is 5.32 Å². The fourth-order valence-corrected chi connectivity index (χ4v) is 3.17. The number of hydrogen-bond acceptors (Lipinski definition) is 4. The number of carbonyl (C=O) groups excluding carboxylic acids is 2. The Kier molecular flexibility index (Phi) is 6.47. The van der Waals surface area contributed by atoms with Crippen molar-refractivity contribution in [3.8, 4) is 0 Å². The highest BCUT2D eigenvalue weighted by Crippen LogP contribution is 2.34. The molecular formula is C21H20F3N3O4. The maximum absolute atomic E-state index is 13.1. The monoisotopic (exact) mass is 435 g/mol. The first-order valence-electron chi connectivity index (χ1n) is 9.53. The minimum absolute atomic E-state index is 0.0453. The minimum atomic E-state index is -4.62. The van der Waals surface area contributed by atoms with Gasteiger partial charge in [-0.05, 0) is 31.2 Å². The smallest absolute Gasteiger partial charge is 0.408 e. The molecule has 10 heteroatoms. The van der Waals surface area contributed by atoms with Gasteiger partial charge in [0.15, 0.2) is 5.58 Å². The summed E-state index contributed by atoms with van der Waals surface area (Å²) in [5.41, 5.74) is -0.399. The average molecular weight is 435 g/mol. The maximum atomic E-state index is 13.1. The van der Waals surface area contributed by atoms with Gasteiger partial charge in [-0.25, -0.2) is 4.79 Å². The van der Waals surface area contributed by atoms with Crippen LogP contribution >= 0.6 is 0 Å². The van der Waals surface area contributed by atoms with Crippen molar-refractivity contribution in [2.45, 2.75) is 26.1 Å². The second kappa shape index (κ2) is 9.07. The van der Waals surface area contributed by atoms with E-state index in [1.165, 1.54) is 21.6 Å². The number of aryl methyl sites for hydroxylation is 1. The summed E-state index contributed by atoms with van der Waals surface area (Å²) in [6, 6.07) is 11.4. The Balaban J connectivity index is 1.64. The third-order valence-corrected chi connectivity index (χ3v) is 4.70. The first-order chi connectivity index (χ1) is 14.7. The van der Waals surface area contributed by atoms with Gasteiger partial charge in [0.2, 0.25) is 11.8 Å². The number of alkyl halides is 3. The number of anilines is 1. The van der Waals surface area contributed by atoms with Crippen molar-refractivity contribution in [3.63, 3.8) is 0 Å². The summed E-state index contributed by atoms with van der Waals surface area (Å²) in [6.45, 7) is 1.45. The van der Waals surface area contributed by atoms with Crippen LogP contribution < -0.4 is 11.1 Å². The lowest BCUT2D eigenvalue weighted by molar-refractivity contribution is -0.137. The van der Waals surface area contributed by atoms with E-state index in [4.69, 9.17) is 4.42 Å². The van der Waals surface area contributed by atoms with Crippen LogP contribution in [0.2, 0.25) is 0 Å². The first kappa shape index (κ1) is 22.1. The molecule has 7 nitrogen and oxygen atoms in total. The number of hydrogen-bond donors (Lipinski definition) is 1. The summed E-state index contributed by atoms with van der Waals surface area (Å²) in [6.07, 6.45) is -4.70. The number of aromatic nitrogens is 1. The largest absolute Gasteiger partial charge is 0.419 e. The van der Waals surface area contributed by atoms with E-state index in [0.717, 1.165) is 12.1 Å². The number of likely N-dealkylation sites (N-methyl/N-ethyl adjacent to an activating group) is 1. The SMILES string of the molecule is CCN(CC(=O)Nc1ccccc1C(F)(F)F)C(=O)CCn1c(=O)oc2ccccc21. The van der Waals surface area contributed by atoms with Gasteiger partial charge in [0, 0.05) is 19.5 Å². The average Bonchev–Trinajstić information content (AvgIpc) is 3.04. The third kappa shape index (κ3) is 5.14. The Morgan fingerprint density at radius 2 is 1.77 bits per heavy atom. The van der Waals surface area contributed by atoms with Crippen molar-refractivity contribution in [2.24, 2.45) is 0 Å². The predicted molar refractivity (Wildman–Crippen MR) is 107 cm³/mol. The van der Waals surface area contributed by atoms with Crippen molar-refractivity contribution in [3.05, 3.63) is 64.6 Å². The second-order valence-corrected chi connectivity index (χ2v) is 6.74. The lowest BCUT2D eigenvalue weighted by Crippen LogP contribution is -2.38.